The van der Waals surface area contributed by atoms with Crippen molar-refractivity contribution in [3.63, 3.8) is 0 Å². The lowest BCUT2D eigenvalue weighted by atomic mass is 10.2. The largest absolute Gasteiger partial charge is 0.327 e. The number of hydrogen-bond acceptors (Lipinski definition) is 2. The van der Waals surface area contributed by atoms with Gasteiger partial charge in [-0.05, 0) is 45.5 Å². The summed E-state index contributed by atoms with van der Waals surface area (Å²) in [4.78, 5) is 7.08. The van der Waals surface area contributed by atoms with Gasteiger partial charge >= 0.3 is 0 Å². The molecule has 0 amide bonds. The Morgan fingerprint density at radius 3 is 2.75 bits per heavy atom. The number of halogens is 1. The minimum Gasteiger partial charge on any atom is -0.327 e. The summed E-state index contributed by atoms with van der Waals surface area (Å²) in [6.07, 6.45) is 0.820. The number of imidazole rings is 1. The van der Waals surface area contributed by atoms with Crippen LogP contribution < -0.4 is 0 Å². The van der Waals surface area contributed by atoms with Crippen LogP contribution in [0.1, 0.15) is 25.2 Å². The molecular formula is C16H24ClN3. The fourth-order valence-electron chi connectivity index (χ4n) is 2.32. The number of aromatic nitrogens is 2. The van der Waals surface area contributed by atoms with Crippen LogP contribution in [0.2, 0.25) is 0 Å². The zero-order valence-corrected chi connectivity index (χ0v) is 13.6. The maximum atomic E-state index is 5.92. The van der Waals surface area contributed by atoms with Crippen molar-refractivity contribution in [2.45, 2.75) is 39.8 Å². The van der Waals surface area contributed by atoms with Crippen molar-refractivity contribution < 1.29 is 0 Å². The number of benzene rings is 1. The maximum Gasteiger partial charge on any atom is 0.111 e. The molecule has 2 aromatic rings. The normalized spacial score (nSPS) is 11.9. The molecule has 1 heterocycles. The number of rotatable bonds is 6. The topological polar surface area (TPSA) is 21.1 Å². The van der Waals surface area contributed by atoms with E-state index in [1.807, 2.05) is 0 Å². The minimum absolute atomic E-state index is 0.558. The van der Waals surface area contributed by atoms with E-state index in [9.17, 15) is 0 Å². The summed E-state index contributed by atoms with van der Waals surface area (Å²) in [7, 11) is 2.16. The molecule has 20 heavy (non-hydrogen) atoms. The van der Waals surface area contributed by atoms with Gasteiger partial charge in [0.15, 0.2) is 0 Å². The zero-order chi connectivity index (χ0) is 14.7. The lowest BCUT2D eigenvalue weighted by Gasteiger charge is -2.21. The fourth-order valence-corrected chi connectivity index (χ4v) is 2.49. The van der Waals surface area contributed by atoms with E-state index in [2.05, 4.69) is 55.5 Å². The minimum atomic E-state index is 0.558. The first-order valence-corrected chi connectivity index (χ1v) is 7.78. The van der Waals surface area contributed by atoms with Gasteiger partial charge in [0.2, 0.25) is 0 Å². The summed E-state index contributed by atoms with van der Waals surface area (Å²) < 4.78 is 2.32. The van der Waals surface area contributed by atoms with Gasteiger partial charge in [0.05, 0.1) is 11.0 Å². The van der Waals surface area contributed by atoms with Gasteiger partial charge in [-0.2, -0.15) is 0 Å². The number of alkyl halides is 1. The summed E-state index contributed by atoms with van der Waals surface area (Å²) in [5, 5.41) is 0. The molecule has 2 rings (SSSR count). The van der Waals surface area contributed by atoms with E-state index in [0.717, 1.165) is 30.9 Å². The molecule has 0 aliphatic heterocycles. The van der Waals surface area contributed by atoms with Crippen LogP contribution in [0.4, 0.5) is 0 Å². The second-order valence-corrected chi connectivity index (χ2v) is 6.06. The Morgan fingerprint density at radius 2 is 2.10 bits per heavy atom. The summed E-state index contributed by atoms with van der Waals surface area (Å²) in [6, 6.07) is 6.99. The lowest BCUT2D eigenvalue weighted by molar-refractivity contribution is 0.263. The van der Waals surface area contributed by atoms with Gasteiger partial charge in [-0.25, -0.2) is 4.98 Å². The highest BCUT2D eigenvalue weighted by atomic mass is 35.5. The first kappa shape index (κ1) is 15.3. The second-order valence-electron chi connectivity index (χ2n) is 5.69. The van der Waals surface area contributed by atoms with Crippen LogP contribution in [0, 0.1) is 6.92 Å². The highest BCUT2D eigenvalue weighted by molar-refractivity contribution is 6.17. The van der Waals surface area contributed by atoms with Crippen molar-refractivity contribution in [3.8, 4) is 0 Å². The van der Waals surface area contributed by atoms with E-state index in [0.29, 0.717) is 11.9 Å². The summed E-state index contributed by atoms with van der Waals surface area (Å²) >= 11 is 5.92. The Bertz CT molecular complexity index is 574. The standard InChI is InChI=1S/C16H24ClN3/c1-12(2)19(4)9-10-20-15-11-13(3)5-6-14(15)18-16(20)7-8-17/h5-6,11-12H,7-10H2,1-4H3. The molecule has 0 bridgehead atoms. The first-order chi connectivity index (χ1) is 9.52. The molecule has 1 aromatic carbocycles. The van der Waals surface area contributed by atoms with Crippen molar-refractivity contribution in [2.24, 2.45) is 0 Å². The summed E-state index contributed by atoms with van der Waals surface area (Å²) in [5.41, 5.74) is 3.57. The molecule has 0 saturated heterocycles. The zero-order valence-electron chi connectivity index (χ0n) is 12.9. The van der Waals surface area contributed by atoms with Crippen molar-refractivity contribution in [1.82, 2.24) is 14.5 Å². The Kier molecular flexibility index (Phi) is 5.06. The molecule has 4 heteroatoms. The van der Waals surface area contributed by atoms with Crippen LogP contribution in [0.3, 0.4) is 0 Å². The van der Waals surface area contributed by atoms with Gasteiger partial charge in [-0.1, -0.05) is 6.07 Å². The van der Waals surface area contributed by atoms with E-state index in [4.69, 9.17) is 16.6 Å². The van der Waals surface area contributed by atoms with E-state index in [-0.39, 0.29) is 0 Å². The third-order valence-electron chi connectivity index (χ3n) is 3.86. The van der Waals surface area contributed by atoms with Gasteiger partial charge in [-0.15, -0.1) is 11.6 Å². The molecule has 0 aliphatic carbocycles. The van der Waals surface area contributed by atoms with Crippen molar-refractivity contribution >= 4 is 22.6 Å². The first-order valence-electron chi connectivity index (χ1n) is 7.25. The Balaban J connectivity index is 2.32. The predicted molar refractivity (Wildman–Crippen MR) is 86.7 cm³/mol. The molecule has 1 aromatic heterocycles. The van der Waals surface area contributed by atoms with Crippen LogP contribution in [-0.4, -0.2) is 40.0 Å². The number of likely N-dealkylation sites (N-methyl/N-ethyl adjacent to an activating group) is 1. The molecule has 110 valence electrons. The molecule has 0 fully saturated rings. The Hall–Kier alpha value is -1.06. The molecule has 0 saturated carbocycles. The molecule has 0 atom stereocenters. The van der Waals surface area contributed by atoms with Gasteiger partial charge in [0, 0.05) is 31.4 Å². The highest BCUT2D eigenvalue weighted by Gasteiger charge is 2.12. The molecule has 0 unspecified atom stereocenters. The van der Waals surface area contributed by atoms with Gasteiger partial charge in [0.25, 0.3) is 0 Å². The number of aryl methyl sites for hydroxylation is 2. The van der Waals surface area contributed by atoms with E-state index in [1.54, 1.807) is 0 Å². The molecule has 0 N–H and O–H groups in total. The summed E-state index contributed by atoms with van der Waals surface area (Å²) in [5.74, 6) is 1.71. The molecule has 0 aliphatic rings. The fraction of sp³-hybridized carbons (Fsp3) is 0.562. The average molecular weight is 294 g/mol. The lowest BCUT2D eigenvalue weighted by Crippen LogP contribution is -2.30. The predicted octanol–water partition coefficient (Wildman–Crippen LogP) is 3.47. The van der Waals surface area contributed by atoms with Gasteiger partial charge < -0.3 is 9.47 Å². The smallest absolute Gasteiger partial charge is 0.111 e. The van der Waals surface area contributed by atoms with Gasteiger partial charge in [-0.3, -0.25) is 0 Å². The van der Waals surface area contributed by atoms with E-state index >= 15 is 0 Å². The monoisotopic (exact) mass is 293 g/mol. The SMILES string of the molecule is Cc1ccc2nc(CCCl)n(CCN(C)C(C)C)c2c1. The number of hydrogen-bond donors (Lipinski definition) is 0. The Labute approximate surface area is 126 Å². The van der Waals surface area contributed by atoms with Crippen molar-refractivity contribution in [1.29, 1.82) is 0 Å². The molecular weight excluding hydrogens is 270 g/mol. The van der Waals surface area contributed by atoms with Crippen LogP contribution >= 0.6 is 11.6 Å². The van der Waals surface area contributed by atoms with Crippen LogP contribution in [0.25, 0.3) is 11.0 Å². The maximum absolute atomic E-state index is 5.92. The number of fused-ring (bicyclic) bond motifs is 1. The quantitative estimate of drug-likeness (QED) is 0.761. The van der Waals surface area contributed by atoms with Crippen LogP contribution in [0.5, 0.6) is 0 Å². The van der Waals surface area contributed by atoms with Crippen LogP contribution in [-0.2, 0) is 13.0 Å². The van der Waals surface area contributed by atoms with E-state index < -0.39 is 0 Å². The third-order valence-corrected chi connectivity index (χ3v) is 4.05. The Morgan fingerprint density at radius 1 is 1.35 bits per heavy atom. The van der Waals surface area contributed by atoms with Crippen LogP contribution in [0.15, 0.2) is 18.2 Å². The second kappa shape index (κ2) is 6.59. The summed E-state index contributed by atoms with van der Waals surface area (Å²) in [6.45, 7) is 8.54. The average Bonchev–Trinajstić information content (AvgIpc) is 2.73. The third kappa shape index (κ3) is 3.33. The highest BCUT2D eigenvalue weighted by Crippen LogP contribution is 2.19. The van der Waals surface area contributed by atoms with Crippen molar-refractivity contribution in [2.75, 3.05) is 19.5 Å². The van der Waals surface area contributed by atoms with E-state index in [1.165, 1.54) is 11.1 Å². The van der Waals surface area contributed by atoms with Crippen molar-refractivity contribution in [3.05, 3.63) is 29.6 Å². The van der Waals surface area contributed by atoms with Gasteiger partial charge in [0.1, 0.15) is 5.82 Å². The molecule has 0 radical (unpaired) electrons. The number of nitrogens with zero attached hydrogens (tertiary/aromatic N) is 3. The molecule has 0 spiro atoms. The molecule has 3 nitrogen and oxygen atoms in total.